The minimum Gasteiger partial charge on any atom is -0.461 e. The van der Waals surface area contributed by atoms with Gasteiger partial charge < -0.3 is 4.74 Å². The molecule has 0 N–H and O–H groups in total. The standard InChI is InChI=1S/C7H11NO4S/c1-6(3-4-8)12-7(9)5-13(2,10)11/h6H,3,5H2,1-2H3/t6-/m0/s1. The highest BCUT2D eigenvalue weighted by Gasteiger charge is 2.14. The quantitative estimate of drug-likeness (QED) is 0.597. The fourth-order valence-corrected chi connectivity index (χ4v) is 1.14. The van der Waals surface area contributed by atoms with E-state index >= 15 is 0 Å². The molecule has 0 aromatic rings. The van der Waals surface area contributed by atoms with Gasteiger partial charge in [0.15, 0.2) is 9.84 Å². The molecule has 0 fully saturated rings. The molecule has 13 heavy (non-hydrogen) atoms. The minimum absolute atomic E-state index is 0.0650. The highest BCUT2D eigenvalue weighted by atomic mass is 32.2. The van der Waals surface area contributed by atoms with Crippen molar-refractivity contribution in [2.24, 2.45) is 0 Å². The van der Waals surface area contributed by atoms with E-state index in [4.69, 9.17) is 5.26 Å². The van der Waals surface area contributed by atoms with Crippen LogP contribution in [0.3, 0.4) is 0 Å². The van der Waals surface area contributed by atoms with E-state index in [0.717, 1.165) is 6.26 Å². The lowest BCUT2D eigenvalue weighted by Gasteiger charge is -2.08. The molecule has 0 aliphatic carbocycles. The maximum Gasteiger partial charge on any atom is 0.321 e. The third-order valence-electron chi connectivity index (χ3n) is 1.09. The summed E-state index contributed by atoms with van der Waals surface area (Å²) < 4.78 is 25.9. The van der Waals surface area contributed by atoms with E-state index in [2.05, 4.69) is 4.74 Å². The molecule has 0 bridgehead atoms. The molecule has 0 aliphatic heterocycles. The third kappa shape index (κ3) is 7.28. The van der Waals surface area contributed by atoms with Crippen molar-refractivity contribution >= 4 is 15.8 Å². The number of rotatable bonds is 4. The molecular formula is C7H11NO4S. The number of nitriles is 1. The summed E-state index contributed by atoms with van der Waals surface area (Å²) in [7, 11) is -3.34. The van der Waals surface area contributed by atoms with E-state index in [1.807, 2.05) is 6.07 Å². The van der Waals surface area contributed by atoms with Crippen molar-refractivity contribution in [2.75, 3.05) is 12.0 Å². The summed E-state index contributed by atoms with van der Waals surface area (Å²) in [5, 5.41) is 8.22. The molecule has 1 atom stereocenters. The zero-order chi connectivity index (χ0) is 10.5. The van der Waals surface area contributed by atoms with Crippen LogP contribution >= 0.6 is 0 Å². The summed E-state index contributed by atoms with van der Waals surface area (Å²) in [6.45, 7) is 1.53. The van der Waals surface area contributed by atoms with Gasteiger partial charge in [-0.15, -0.1) is 0 Å². The van der Waals surface area contributed by atoms with Crippen LogP contribution in [0.2, 0.25) is 0 Å². The number of nitrogens with zero attached hydrogens (tertiary/aromatic N) is 1. The number of esters is 1. The van der Waals surface area contributed by atoms with Crippen LogP contribution in [0.5, 0.6) is 0 Å². The second kappa shape index (κ2) is 4.82. The Morgan fingerprint density at radius 2 is 2.15 bits per heavy atom. The van der Waals surface area contributed by atoms with Crippen molar-refractivity contribution in [3.05, 3.63) is 0 Å². The summed E-state index contributed by atoms with van der Waals surface area (Å²) in [4.78, 5) is 10.8. The molecule has 0 rings (SSSR count). The molecule has 0 aromatic heterocycles. The van der Waals surface area contributed by atoms with Crippen LogP contribution in [-0.2, 0) is 19.4 Å². The molecule has 0 aromatic carbocycles. The van der Waals surface area contributed by atoms with Crippen LogP contribution < -0.4 is 0 Å². The molecule has 6 heteroatoms. The average molecular weight is 205 g/mol. The zero-order valence-electron chi connectivity index (χ0n) is 7.48. The van der Waals surface area contributed by atoms with Gasteiger partial charge in [-0.1, -0.05) is 0 Å². The number of carbonyl (C=O) groups is 1. The van der Waals surface area contributed by atoms with Crippen molar-refractivity contribution < 1.29 is 17.9 Å². The lowest BCUT2D eigenvalue weighted by molar-refractivity contribution is -0.144. The van der Waals surface area contributed by atoms with Gasteiger partial charge in [-0.3, -0.25) is 4.79 Å². The van der Waals surface area contributed by atoms with Crippen LogP contribution in [-0.4, -0.2) is 32.5 Å². The second-order valence-electron chi connectivity index (χ2n) is 2.73. The molecular weight excluding hydrogens is 194 g/mol. The van der Waals surface area contributed by atoms with Gasteiger partial charge in [-0.2, -0.15) is 5.26 Å². The summed E-state index contributed by atoms with van der Waals surface area (Å²) >= 11 is 0. The highest BCUT2D eigenvalue weighted by Crippen LogP contribution is 1.97. The van der Waals surface area contributed by atoms with Gasteiger partial charge in [0.05, 0.1) is 12.5 Å². The second-order valence-corrected chi connectivity index (χ2v) is 4.87. The number of hydrogen-bond acceptors (Lipinski definition) is 5. The van der Waals surface area contributed by atoms with Crippen molar-refractivity contribution in [3.63, 3.8) is 0 Å². The van der Waals surface area contributed by atoms with Gasteiger partial charge in [0, 0.05) is 6.26 Å². The average Bonchev–Trinajstić information content (AvgIpc) is 1.81. The van der Waals surface area contributed by atoms with Gasteiger partial charge in [0.2, 0.25) is 0 Å². The first-order valence-corrected chi connectivity index (χ1v) is 5.65. The minimum atomic E-state index is -3.34. The van der Waals surface area contributed by atoms with Crippen LogP contribution in [0.4, 0.5) is 0 Å². The van der Waals surface area contributed by atoms with Gasteiger partial charge >= 0.3 is 5.97 Å². The third-order valence-corrected chi connectivity index (χ3v) is 1.85. The topological polar surface area (TPSA) is 84.2 Å². The molecule has 0 saturated heterocycles. The Bertz CT molecular complexity index is 314. The molecule has 0 aliphatic rings. The predicted molar refractivity (Wildman–Crippen MR) is 45.5 cm³/mol. The van der Waals surface area contributed by atoms with Gasteiger partial charge in [-0.25, -0.2) is 8.42 Å². The lowest BCUT2D eigenvalue weighted by Crippen LogP contribution is -2.21. The zero-order valence-corrected chi connectivity index (χ0v) is 8.30. The Kier molecular flexibility index (Phi) is 4.42. The first-order valence-electron chi connectivity index (χ1n) is 3.59. The Morgan fingerprint density at radius 1 is 1.62 bits per heavy atom. The maximum atomic E-state index is 10.8. The van der Waals surface area contributed by atoms with E-state index in [0.29, 0.717) is 0 Å². The number of carbonyl (C=O) groups excluding carboxylic acids is 1. The summed E-state index contributed by atoms with van der Waals surface area (Å²) in [5.74, 6) is -1.45. The SMILES string of the molecule is C[C@@H](CC#N)OC(=O)CS(C)(=O)=O. The van der Waals surface area contributed by atoms with Crippen molar-refractivity contribution in [2.45, 2.75) is 19.4 Å². The fourth-order valence-electron chi connectivity index (χ4n) is 0.643. The van der Waals surface area contributed by atoms with E-state index in [1.54, 1.807) is 0 Å². The van der Waals surface area contributed by atoms with Crippen LogP contribution in [0.1, 0.15) is 13.3 Å². The number of sulfone groups is 1. The fraction of sp³-hybridized carbons (Fsp3) is 0.714. The lowest BCUT2D eigenvalue weighted by atomic mass is 10.3. The first kappa shape index (κ1) is 11.9. The van der Waals surface area contributed by atoms with E-state index in [-0.39, 0.29) is 6.42 Å². The monoisotopic (exact) mass is 205 g/mol. The van der Waals surface area contributed by atoms with E-state index in [9.17, 15) is 13.2 Å². The molecule has 0 unspecified atom stereocenters. The number of hydrogen-bond donors (Lipinski definition) is 0. The first-order chi connectivity index (χ1) is 5.85. The molecule has 0 heterocycles. The maximum absolute atomic E-state index is 10.8. The molecule has 0 spiro atoms. The Hall–Kier alpha value is -1.09. The van der Waals surface area contributed by atoms with Crippen LogP contribution in [0.15, 0.2) is 0 Å². The predicted octanol–water partition coefficient (Wildman–Crippen LogP) is -0.124. The van der Waals surface area contributed by atoms with Gasteiger partial charge in [-0.05, 0) is 6.92 Å². The van der Waals surface area contributed by atoms with E-state index < -0.39 is 27.7 Å². The molecule has 0 saturated carbocycles. The van der Waals surface area contributed by atoms with E-state index in [1.165, 1.54) is 6.92 Å². The summed E-state index contributed by atoms with van der Waals surface area (Å²) in [5.41, 5.74) is 0. The molecule has 74 valence electrons. The largest absolute Gasteiger partial charge is 0.461 e. The Labute approximate surface area is 77.2 Å². The molecule has 0 amide bonds. The molecule has 5 nitrogen and oxygen atoms in total. The summed E-state index contributed by atoms with van der Waals surface area (Å²) in [6, 6.07) is 1.81. The Morgan fingerprint density at radius 3 is 2.54 bits per heavy atom. The van der Waals surface area contributed by atoms with Crippen LogP contribution in [0, 0.1) is 11.3 Å². The van der Waals surface area contributed by atoms with Gasteiger partial charge in [0.1, 0.15) is 11.9 Å². The molecule has 0 radical (unpaired) electrons. The number of ether oxygens (including phenoxy) is 1. The van der Waals surface area contributed by atoms with Gasteiger partial charge in [0.25, 0.3) is 0 Å². The normalized spacial score (nSPS) is 13.0. The van der Waals surface area contributed by atoms with Crippen molar-refractivity contribution in [1.29, 1.82) is 5.26 Å². The summed E-state index contributed by atoms with van der Waals surface area (Å²) in [6.07, 6.45) is 0.456. The van der Waals surface area contributed by atoms with Crippen molar-refractivity contribution in [3.8, 4) is 6.07 Å². The van der Waals surface area contributed by atoms with Crippen LogP contribution in [0.25, 0.3) is 0 Å². The van der Waals surface area contributed by atoms with Crippen molar-refractivity contribution in [1.82, 2.24) is 0 Å². The highest BCUT2D eigenvalue weighted by molar-refractivity contribution is 7.91. The smallest absolute Gasteiger partial charge is 0.321 e. The Balaban J connectivity index is 3.97.